The molecule has 0 aliphatic rings. The predicted octanol–water partition coefficient (Wildman–Crippen LogP) is 13.4. The second kappa shape index (κ2) is 35.1. The number of carbonyl (C=O) groups excluding carboxylic acids is 1. The van der Waals surface area contributed by atoms with Crippen LogP contribution in [0.2, 0.25) is 0 Å². The Morgan fingerprint density at radius 1 is 0.608 bits per heavy atom. The van der Waals surface area contributed by atoms with Gasteiger partial charge in [-0.1, -0.05) is 154 Å². The van der Waals surface area contributed by atoms with Gasteiger partial charge in [0.1, 0.15) is 19.0 Å². The fraction of sp³-hybridized carbons (Fsp3) is 0.844. The van der Waals surface area contributed by atoms with Crippen LogP contribution in [0.5, 0.6) is 0 Å². The van der Waals surface area contributed by atoms with E-state index < -0.39 is 0 Å². The summed E-state index contributed by atoms with van der Waals surface area (Å²) >= 11 is 0. The molecule has 0 rings (SSSR count). The first-order valence-corrected chi connectivity index (χ1v) is 21.4. The number of Topliss-reactive ketones (excluding diaryl/α,β-unsaturated/α-hetero) is 1. The van der Waals surface area contributed by atoms with Gasteiger partial charge in [-0.25, -0.2) is 0 Å². The molecule has 0 fully saturated rings. The quantitative estimate of drug-likeness (QED) is 0.0299. The monoisotopic (exact) mass is 716 g/mol. The fourth-order valence-electron chi connectivity index (χ4n) is 6.43. The van der Waals surface area contributed by atoms with Crippen LogP contribution in [0.3, 0.4) is 0 Å². The van der Waals surface area contributed by atoms with Crippen molar-refractivity contribution < 1.29 is 14.5 Å². The van der Waals surface area contributed by atoms with Crippen LogP contribution in [-0.2, 0) is 14.5 Å². The van der Waals surface area contributed by atoms with Gasteiger partial charge in [-0.15, -0.1) is 0 Å². The van der Waals surface area contributed by atoms with Crippen LogP contribution < -0.4 is 5.32 Å². The average molecular weight is 716 g/mol. The van der Waals surface area contributed by atoms with Gasteiger partial charge in [0.05, 0.1) is 0 Å². The van der Waals surface area contributed by atoms with Gasteiger partial charge in [-0.3, -0.25) is 4.79 Å². The summed E-state index contributed by atoms with van der Waals surface area (Å²) in [4.78, 5) is 24.2. The molecule has 0 saturated carbocycles. The Morgan fingerprint density at radius 3 is 1.53 bits per heavy atom. The Hall–Kier alpha value is -1.95. The van der Waals surface area contributed by atoms with Crippen molar-refractivity contribution in [2.45, 2.75) is 202 Å². The lowest BCUT2D eigenvalue weighted by molar-refractivity contribution is -0.124. The number of allylic oxidation sites excluding steroid dienone is 2. The van der Waals surface area contributed by atoms with Crippen LogP contribution in [0.1, 0.15) is 202 Å². The number of hydrogen-bond donors (Lipinski definition) is 1. The molecule has 0 aromatic carbocycles. The van der Waals surface area contributed by atoms with Crippen LogP contribution in [0.25, 0.3) is 0 Å². The van der Waals surface area contributed by atoms with E-state index in [9.17, 15) is 4.79 Å². The summed E-state index contributed by atoms with van der Waals surface area (Å²) < 4.78 is 0. The van der Waals surface area contributed by atoms with Gasteiger partial charge in [0.2, 0.25) is 0 Å². The zero-order valence-electron chi connectivity index (χ0n) is 35.0. The lowest BCUT2D eigenvalue weighted by Gasteiger charge is -2.42. The molecule has 0 amide bonds. The molecule has 6 nitrogen and oxygen atoms in total. The highest BCUT2D eigenvalue weighted by molar-refractivity contribution is 5.79. The summed E-state index contributed by atoms with van der Waals surface area (Å²) in [7, 11) is 2.01. The SMILES string of the molecule is CCCCCC/C=C\CO/N=C/CCCCCCC(CCCCCC/C=N/OC/C=C\CCCCCC)CC(=O)CC(C)(C)C(C)(C)CCNC. The van der Waals surface area contributed by atoms with Crippen LogP contribution in [0.15, 0.2) is 34.6 Å². The topological polar surface area (TPSA) is 72.3 Å². The molecule has 298 valence electrons. The molecule has 0 spiro atoms. The Morgan fingerprint density at radius 2 is 1.06 bits per heavy atom. The summed E-state index contributed by atoms with van der Waals surface area (Å²) in [5, 5.41) is 11.5. The van der Waals surface area contributed by atoms with E-state index in [0.29, 0.717) is 31.3 Å². The maximum Gasteiger partial charge on any atom is 0.135 e. The lowest BCUT2D eigenvalue weighted by Crippen LogP contribution is -2.37. The zero-order valence-corrected chi connectivity index (χ0v) is 35.0. The molecule has 0 bridgehead atoms. The van der Waals surface area contributed by atoms with Crippen molar-refractivity contribution in [3.8, 4) is 0 Å². The molecule has 6 heteroatoms. The second-order valence-electron chi connectivity index (χ2n) is 16.2. The van der Waals surface area contributed by atoms with Crippen LogP contribution in [0, 0.1) is 16.7 Å². The van der Waals surface area contributed by atoms with Gasteiger partial charge in [-0.05, 0) is 100 Å². The Labute approximate surface area is 317 Å². The van der Waals surface area contributed by atoms with Crippen molar-refractivity contribution in [3.63, 3.8) is 0 Å². The van der Waals surface area contributed by atoms with Crippen molar-refractivity contribution in [1.82, 2.24) is 5.32 Å². The van der Waals surface area contributed by atoms with Crippen molar-refractivity contribution in [2.75, 3.05) is 26.8 Å². The first kappa shape index (κ1) is 49.0. The molecule has 0 aliphatic heterocycles. The predicted molar refractivity (Wildman–Crippen MR) is 224 cm³/mol. The van der Waals surface area contributed by atoms with Crippen molar-refractivity contribution in [2.24, 2.45) is 27.1 Å². The molecule has 0 aliphatic carbocycles. The molecule has 0 radical (unpaired) electrons. The van der Waals surface area contributed by atoms with Gasteiger partial charge in [0.15, 0.2) is 0 Å². The lowest BCUT2D eigenvalue weighted by atomic mass is 9.63. The number of carbonyl (C=O) groups is 1. The van der Waals surface area contributed by atoms with Crippen molar-refractivity contribution >= 4 is 18.2 Å². The summed E-state index contributed by atoms with van der Waals surface area (Å²) in [5.41, 5.74) is 0.0934. The number of nitrogens with zero attached hydrogens (tertiary/aromatic N) is 2. The Kier molecular flexibility index (Phi) is 33.8. The number of rotatable bonds is 38. The first-order valence-electron chi connectivity index (χ1n) is 21.4. The number of nitrogens with one attached hydrogen (secondary N) is 1. The highest BCUT2D eigenvalue weighted by Crippen LogP contribution is 2.44. The highest BCUT2D eigenvalue weighted by Gasteiger charge is 2.38. The van der Waals surface area contributed by atoms with E-state index in [-0.39, 0.29) is 10.8 Å². The maximum atomic E-state index is 13.5. The van der Waals surface area contributed by atoms with E-state index in [2.05, 4.69) is 81.5 Å². The summed E-state index contributed by atoms with van der Waals surface area (Å²) in [5.74, 6) is 0.950. The van der Waals surface area contributed by atoms with Gasteiger partial charge in [0, 0.05) is 25.3 Å². The molecular weight excluding hydrogens is 631 g/mol. The number of oxime groups is 2. The number of unbranched alkanes of at least 4 members (excludes halogenated alkanes) is 16. The summed E-state index contributed by atoms with van der Waals surface area (Å²) in [6, 6.07) is 0. The fourth-order valence-corrected chi connectivity index (χ4v) is 6.43. The molecule has 1 N–H and O–H groups in total. The molecule has 0 aromatic rings. The largest absolute Gasteiger partial charge is 0.392 e. The van der Waals surface area contributed by atoms with E-state index in [4.69, 9.17) is 9.68 Å². The summed E-state index contributed by atoms with van der Waals surface area (Å²) in [6.45, 7) is 15.8. The van der Waals surface area contributed by atoms with Gasteiger partial charge in [0.25, 0.3) is 0 Å². The minimum atomic E-state index is -0.0168. The van der Waals surface area contributed by atoms with E-state index in [1.54, 1.807) is 0 Å². The molecule has 0 aromatic heterocycles. The Bertz CT molecular complexity index is 845. The van der Waals surface area contributed by atoms with E-state index >= 15 is 0 Å². The third-order valence-electron chi connectivity index (χ3n) is 10.8. The second-order valence-corrected chi connectivity index (χ2v) is 16.2. The Balaban J connectivity index is 4.48. The van der Waals surface area contributed by atoms with E-state index in [1.165, 1.54) is 89.9 Å². The minimum Gasteiger partial charge on any atom is -0.392 e. The smallest absolute Gasteiger partial charge is 0.135 e. The maximum absolute atomic E-state index is 13.5. The molecule has 51 heavy (non-hydrogen) atoms. The third-order valence-corrected chi connectivity index (χ3v) is 10.8. The van der Waals surface area contributed by atoms with Crippen molar-refractivity contribution in [3.05, 3.63) is 24.3 Å². The van der Waals surface area contributed by atoms with Gasteiger partial charge < -0.3 is 15.0 Å². The first-order chi connectivity index (χ1) is 24.7. The molecule has 0 heterocycles. The standard InChI is InChI=1S/C45H85N3O3/c1-8-10-12-14-16-24-30-38-50-47-35-28-22-18-20-26-32-42(40-43(49)41-45(5,6)44(3,4)34-37-46-7)33-27-21-19-23-29-36-48-51-39-31-25-17-15-13-11-9-2/h24-25,30-31,35-36,42,46H,8-23,26-29,32-34,37-41H2,1-7H3/b30-24-,31-25-,47-35+,48-36+. The zero-order chi connectivity index (χ0) is 37.7. The highest BCUT2D eigenvalue weighted by atomic mass is 16.6. The van der Waals surface area contributed by atoms with Crippen LogP contribution in [-0.4, -0.2) is 45.0 Å². The van der Waals surface area contributed by atoms with Crippen molar-refractivity contribution in [1.29, 1.82) is 0 Å². The average Bonchev–Trinajstić information content (AvgIpc) is 3.09. The summed E-state index contributed by atoms with van der Waals surface area (Å²) in [6.07, 6.45) is 41.4. The van der Waals surface area contributed by atoms with Crippen LogP contribution in [0.4, 0.5) is 0 Å². The number of ketones is 1. The molecule has 0 unspecified atom stereocenters. The molecule has 0 saturated heterocycles. The van der Waals surface area contributed by atoms with Gasteiger partial charge in [-0.2, -0.15) is 0 Å². The van der Waals surface area contributed by atoms with Crippen LogP contribution >= 0.6 is 0 Å². The van der Waals surface area contributed by atoms with E-state index in [0.717, 1.165) is 70.8 Å². The number of hydrogen-bond acceptors (Lipinski definition) is 6. The molecule has 0 atom stereocenters. The van der Waals surface area contributed by atoms with E-state index in [1.807, 2.05) is 19.5 Å². The minimum absolute atomic E-state index is 0.0168. The third kappa shape index (κ3) is 31.3. The molecular formula is C45H85N3O3. The van der Waals surface area contributed by atoms with Gasteiger partial charge >= 0.3 is 0 Å². The normalized spacial score (nSPS) is 12.9.